The third-order valence-electron chi connectivity index (χ3n) is 2.83. The molecule has 0 aliphatic rings. The molecule has 19 heavy (non-hydrogen) atoms. The van der Waals surface area contributed by atoms with Gasteiger partial charge in [-0.3, -0.25) is 0 Å². The highest BCUT2D eigenvalue weighted by Gasteiger charge is 2.12. The van der Waals surface area contributed by atoms with Crippen molar-refractivity contribution < 1.29 is 9.26 Å². The number of hydrogen-bond acceptors (Lipinski definition) is 5. The molecule has 1 unspecified atom stereocenters. The zero-order valence-corrected chi connectivity index (χ0v) is 11.3. The zero-order chi connectivity index (χ0) is 13.7. The van der Waals surface area contributed by atoms with E-state index in [0.717, 1.165) is 12.2 Å². The van der Waals surface area contributed by atoms with Gasteiger partial charge < -0.3 is 15.0 Å². The summed E-state index contributed by atoms with van der Waals surface area (Å²) >= 11 is 0. The Morgan fingerprint density at radius 3 is 3.00 bits per heavy atom. The van der Waals surface area contributed by atoms with Gasteiger partial charge in [-0.1, -0.05) is 24.2 Å². The van der Waals surface area contributed by atoms with E-state index in [1.54, 1.807) is 0 Å². The molecule has 0 spiro atoms. The molecule has 1 heterocycles. The van der Waals surface area contributed by atoms with Crippen molar-refractivity contribution in [2.24, 2.45) is 5.73 Å². The van der Waals surface area contributed by atoms with Gasteiger partial charge in [-0.05, 0) is 31.0 Å². The zero-order valence-electron chi connectivity index (χ0n) is 11.3. The van der Waals surface area contributed by atoms with Crippen LogP contribution in [-0.2, 0) is 6.42 Å². The second-order valence-electron chi connectivity index (χ2n) is 4.48. The third-order valence-corrected chi connectivity index (χ3v) is 2.83. The first kappa shape index (κ1) is 13.5. The Labute approximate surface area is 112 Å². The number of ether oxygens (including phenoxy) is 1. The highest BCUT2D eigenvalue weighted by atomic mass is 16.5. The van der Waals surface area contributed by atoms with Crippen LogP contribution in [0.3, 0.4) is 0 Å². The number of aromatic nitrogens is 2. The van der Waals surface area contributed by atoms with Gasteiger partial charge in [0.15, 0.2) is 5.82 Å². The fourth-order valence-electron chi connectivity index (χ4n) is 1.66. The second kappa shape index (κ2) is 6.33. The van der Waals surface area contributed by atoms with Crippen LogP contribution < -0.4 is 10.5 Å². The SMILES string of the molecule is CCC(N)c1noc(CCOc2cccc(C)c2)n1. The van der Waals surface area contributed by atoms with E-state index in [1.807, 2.05) is 38.1 Å². The Bertz CT molecular complexity index is 525. The van der Waals surface area contributed by atoms with Crippen LogP contribution in [0.15, 0.2) is 28.8 Å². The molecule has 0 aliphatic carbocycles. The van der Waals surface area contributed by atoms with Gasteiger partial charge in [-0.2, -0.15) is 4.98 Å². The minimum absolute atomic E-state index is 0.157. The van der Waals surface area contributed by atoms with Crippen LogP contribution in [0.1, 0.15) is 36.7 Å². The Kier molecular flexibility index (Phi) is 4.52. The van der Waals surface area contributed by atoms with Crippen LogP contribution in [-0.4, -0.2) is 16.7 Å². The normalized spacial score (nSPS) is 12.4. The maximum Gasteiger partial charge on any atom is 0.230 e. The van der Waals surface area contributed by atoms with E-state index < -0.39 is 0 Å². The van der Waals surface area contributed by atoms with Crippen molar-refractivity contribution in [1.82, 2.24) is 10.1 Å². The number of aryl methyl sites for hydroxylation is 1. The summed E-state index contributed by atoms with van der Waals surface area (Å²) in [7, 11) is 0. The lowest BCUT2D eigenvalue weighted by Gasteiger charge is -2.04. The molecule has 1 aromatic carbocycles. The van der Waals surface area contributed by atoms with Gasteiger partial charge in [-0.15, -0.1) is 0 Å². The smallest absolute Gasteiger partial charge is 0.230 e. The fourth-order valence-corrected chi connectivity index (χ4v) is 1.66. The van der Waals surface area contributed by atoms with E-state index >= 15 is 0 Å². The minimum Gasteiger partial charge on any atom is -0.493 e. The van der Waals surface area contributed by atoms with E-state index in [4.69, 9.17) is 15.0 Å². The van der Waals surface area contributed by atoms with Gasteiger partial charge in [0.1, 0.15) is 5.75 Å². The van der Waals surface area contributed by atoms with Crippen LogP contribution in [0.25, 0.3) is 0 Å². The quantitative estimate of drug-likeness (QED) is 0.864. The van der Waals surface area contributed by atoms with Crippen molar-refractivity contribution in [3.63, 3.8) is 0 Å². The molecule has 0 radical (unpaired) electrons. The average molecular weight is 261 g/mol. The molecule has 0 amide bonds. The predicted octanol–water partition coefficient (Wildman–Crippen LogP) is 2.41. The first-order valence-corrected chi connectivity index (χ1v) is 6.46. The molecule has 5 heteroatoms. The van der Waals surface area contributed by atoms with Crippen LogP contribution in [0.2, 0.25) is 0 Å². The molecule has 102 valence electrons. The summed E-state index contributed by atoms with van der Waals surface area (Å²) in [6.07, 6.45) is 1.37. The van der Waals surface area contributed by atoms with Gasteiger partial charge >= 0.3 is 0 Å². The maximum absolute atomic E-state index is 5.83. The molecule has 0 bridgehead atoms. The largest absolute Gasteiger partial charge is 0.493 e. The fraction of sp³-hybridized carbons (Fsp3) is 0.429. The third kappa shape index (κ3) is 3.79. The molecular formula is C14H19N3O2. The lowest BCUT2D eigenvalue weighted by Crippen LogP contribution is -2.10. The molecule has 0 saturated heterocycles. The van der Waals surface area contributed by atoms with Crippen LogP contribution in [0, 0.1) is 6.92 Å². The summed E-state index contributed by atoms with van der Waals surface area (Å²) < 4.78 is 10.8. The topological polar surface area (TPSA) is 74.2 Å². The Morgan fingerprint density at radius 2 is 2.26 bits per heavy atom. The highest BCUT2D eigenvalue weighted by molar-refractivity contribution is 5.27. The lowest BCUT2D eigenvalue weighted by molar-refractivity contribution is 0.291. The van der Waals surface area contributed by atoms with E-state index in [1.165, 1.54) is 5.56 Å². The molecule has 0 fully saturated rings. The van der Waals surface area contributed by atoms with Crippen LogP contribution in [0.4, 0.5) is 0 Å². The lowest BCUT2D eigenvalue weighted by atomic mass is 10.2. The summed E-state index contributed by atoms with van der Waals surface area (Å²) in [6, 6.07) is 7.76. The molecule has 0 saturated carbocycles. The van der Waals surface area contributed by atoms with E-state index in [0.29, 0.717) is 24.7 Å². The average Bonchev–Trinajstić information content (AvgIpc) is 2.87. The van der Waals surface area contributed by atoms with Gasteiger partial charge in [0, 0.05) is 0 Å². The van der Waals surface area contributed by atoms with Crippen molar-refractivity contribution >= 4 is 0 Å². The molecule has 1 aromatic heterocycles. The number of nitrogens with two attached hydrogens (primary N) is 1. The van der Waals surface area contributed by atoms with E-state index in [-0.39, 0.29) is 6.04 Å². The van der Waals surface area contributed by atoms with Crippen molar-refractivity contribution in [3.05, 3.63) is 41.5 Å². The summed E-state index contributed by atoms with van der Waals surface area (Å²) in [4.78, 5) is 4.25. The molecule has 0 aliphatic heterocycles. The van der Waals surface area contributed by atoms with Gasteiger partial charge in [0.05, 0.1) is 19.1 Å². The summed E-state index contributed by atoms with van der Waals surface area (Å²) in [5.74, 6) is 1.98. The van der Waals surface area contributed by atoms with E-state index in [2.05, 4.69) is 10.1 Å². The molecule has 2 rings (SSSR count). The monoisotopic (exact) mass is 261 g/mol. The van der Waals surface area contributed by atoms with Crippen LogP contribution in [0.5, 0.6) is 5.75 Å². The highest BCUT2D eigenvalue weighted by Crippen LogP contribution is 2.13. The van der Waals surface area contributed by atoms with Gasteiger partial charge in [0.2, 0.25) is 5.89 Å². The molecule has 2 aromatic rings. The summed E-state index contributed by atoms with van der Waals surface area (Å²) in [6.45, 7) is 4.53. The Morgan fingerprint density at radius 1 is 1.42 bits per heavy atom. The van der Waals surface area contributed by atoms with Crippen molar-refractivity contribution in [1.29, 1.82) is 0 Å². The standard InChI is InChI=1S/C14H19N3O2/c1-3-12(15)14-16-13(19-17-14)7-8-18-11-6-4-5-10(2)9-11/h4-6,9,12H,3,7-8,15H2,1-2H3. The minimum atomic E-state index is -0.157. The summed E-state index contributed by atoms with van der Waals surface area (Å²) in [5, 5.41) is 3.86. The van der Waals surface area contributed by atoms with Gasteiger partial charge in [-0.25, -0.2) is 0 Å². The summed E-state index contributed by atoms with van der Waals surface area (Å²) in [5.41, 5.74) is 7.00. The Balaban J connectivity index is 1.84. The number of benzene rings is 1. The molecule has 5 nitrogen and oxygen atoms in total. The first-order valence-electron chi connectivity index (χ1n) is 6.46. The van der Waals surface area contributed by atoms with Crippen molar-refractivity contribution in [2.45, 2.75) is 32.7 Å². The van der Waals surface area contributed by atoms with Gasteiger partial charge in [0.25, 0.3) is 0 Å². The second-order valence-corrected chi connectivity index (χ2v) is 4.48. The number of rotatable bonds is 6. The van der Waals surface area contributed by atoms with E-state index in [9.17, 15) is 0 Å². The Hall–Kier alpha value is -1.88. The van der Waals surface area contributed by atoms with Crippen LogP contribution >= 0.6 is 0 Å². The molecule has 1 atom stereocenters. The van der Waals surface area contributed by atoms with Crippen molar-refractivity contribution in [3.8, 4) is 5.75 Å². The molecular weight excluding hydrogens is 242 g/mol. The number of nitrogens with zero attached hydrogens (tertiary/aromatic N) is 2. The molecule has 2 N–H and O–H groups in total. The first-order chi connectivity index (χ1) is 9.19. The number of hydrogen-bond donors (Lipinski definition) is 1. The maximum atomic E-state index is 5.83. The predicted molar refractivity (Wildman–Crippen MR) is 71.9 cm³/mol. The van der Waals surface area contributed by atoms with Crippen molar-refractivity contribution in [2.75, 3.05) is 6.61 Å².